The zero-order valence-corrected chi connectivity index (χ0v) is 8.08. The van der Waals surface area contributed by atoms with Gasteiger partial charge in [-0.25, -0.2) is 4.98 Å². The molecule has 0 aromatic carbocycles. The van der Waals surface area contributed by atoms with Gasteiger partial charge in [-0.3, -0.25) is 0 Å². The van der Waals surface area contributed by atoms with Gasteiger partial charge >= 0.3 is 0 Å². The highest BCUT2D eigenvalue weighted by Gasteiger charge is 1.96. The van der Waals surface area contributed by atoms with Gasteiger partial charge in [0.05, 0.1) is 0 Å². The third-order valence-electron chi connectivity index (χ3n) is 1.14. The maximum atomic E-state index is 4.10. The van der Waals surface area contributed by atoms with E-state index in [0.717, 1.165) is 10.4 Å². The molecule has 0 radical (unpaired) electrons. The van der Waals surface area contributed by atoms with Crippen LogP contribution >= 0.6 is 27.7 Å². The van der Waals surface area contributed by atoms with Crippen molar-refractivity contribution >= 4 is 27.7 Å². The van der Waals surface area contributed by atoms with E-state index >= 15 is 0 Å². The summed E-state index contributed by atoms with van der Waals surface area (Å²) >= 11 is 5.17. The van der Waals surface area contributed by atoms with Crippen LogP contribution in [0.25, 0.3) is 0 Å². The fraction of sp³-hybridized carbons (Fsp3) is 0.286. The fourth-order valence-electron chi connectivity index (χ4n) is 0.683. The Morgan fingerprint density at radius 1 is 1.70 bits per heavy atom. The maximum Gasteiger partial charge on any atom is 0.110 e. The maximum absolute atomic E-state index is 4.10. The van der Waals surface area contributed by atoms with Gasteiger partial charge in [0.2, 0.25) is 0 Å². The van der Waals surface area contributed by atoms with Crippen molar-refractivity contribution in [2.75, 3.05) is 6.26 Å². The summed E-state index contributed by atoms with van der Waals surface area (Å²) in [5.74, 6) is 1.02. The SMILES string of the molecule is CSCc1cccnc1Br. The average Bonchev–Trinajstić information content (AvgIpc) is 1.94. The molecule has 1 aromatic rings. The lowest BCUT2D eigenvalue weighted by molar-refractivity contribution is 1.20. The lowest BCUT2D eigenvalue weighted by Gasteiger charge is -1.98. The molecule has 0 aliphatic heterocycles. The Hall–Kier alpha value is -0.0200. The van der Waals surface area contributed by atoms with E-state index in [2.05, 4.69) is 33.2 Å². The first-order valence-electron chi connectivity index (χ1n) is 2.93. The van der Waals surface area contributed by atoms with E-state index < -0.39 is 0 Å². The summed E-state index contributed by atoms with van der Waals surface area (Å²) in [6.07, 6.45) is 3.87. The summed E-state index contributed by atoms with van der Waals surface area (Å²) in [4.78, 5) is 4.10. The lowest BCUT2D eigenvalue weighted by atomic mass is 10.3. The summed E-state index contributed by atoms with van der Waals surface area (Å²) in [7, 11) is 0. The smallest absolute Gasteiger partial charge is 0.110 e. The van der Waals surface area contributed by atoms with Gasteiger partial charge in [0.25, 0.3) is 0 Å². The van der Waals surface area contributed by atoms with Crippen LogP contribution in [0.4, 0.5) is 0 Å². The second-order valence-corrected chi connectivity index (χ2v) is 3.50. The molecule has 1 aromatic heterocycles. The van der Waals surface area contributed by atoms with Crippen molar-refractivity contribution in [1.82, 2.24) is 4.98 Å². The molecule has 0 saturated heterocycles. The normalized spacial score (nSPS) is 9.80. The van der Waals surface area contributed by atoms with Crippen LogP contribution in [-0.2, 0) is 5.75 Å². The van der Waals surface area contributed by atoms with E-state index in [4.69, 9.17) is 0 Å². The minimum Gasteiger partial charge on any atom is -0.249 e. The number of aromatic nitrogens is 1. The van der Waals surface area contributed by atoms with Crippen molar-refractivity contribution in [3.8, 4) is 0 Å². The van der Waals surface area contributed by atoms with Crippen LogP contribution in [0.5, 0.6) is 0 Å². The van der Waals surface area contributed by atoms with Crippen molar-refractivity contribution in [2.45, 2.75) is 5.75 Å². The minimum absolute atomic E-state index is 0.962. The molecule has 3 heteroatoms. The molecule has 0 spiro atoms. The van der Waals surface area contributed by atoms with Crippen molar-refractivity contribution in [2.24, 2.45) is 0 Å². The number of hydrogen-bond acceptors (Lipinski definition) is 2. The molecule has 54 valence electrons. The van der Waals surface area contributed by atoms with Crippen LogP contribution in [0, 0.1) is 0 Å². The Morgan fingerprint density at radius 3 is 3.10 bits per heavy atom. The summed E-state index contributed by atoms with van der Waals surface area (Å²) < 4.78 is 0.962. The van der Waals surface area contributed by atoms with Crippen molar-refractivity contribution < 1.29 is 0 Å². The molecular weight excluding hydrogens is 210 g/mol. The summed E-state index contributed by atoms with van der Waals surface area (Å²) in [5, 5.41) is 0. The molecule has 1 heterocycles. The molecule has 0 saturated carbocycles. The predicted molar refractivity (Wildman–Crippen MR) is 49.2 cm³/mol. The molecule has 0 fully saturated rings. The van der Waals surface area contributed by atoms with Gasteiger partial charge in [-0.15, -0.1) is 0 Å². The second kappa shape index (κ2) is 3.98. The molecule has 0 N–H and O–H groups in total. The van der Waals surface area contributed by atoms with Gasteiger partial charge in [-0.2, -0.15) is 11.8 Å². The monoisotopic (exact) mass is 217 g/mol. The number of hydrogen-bond donors (Lipinski definition) is 0. The number of pyridine rings is 1. The largest absolute Gasteiger partial charge is 0.249 e. The Labute approximate surface area is 73.4 Å². The van der Waals surface area contributed by atoms with E-state index in [-0.39, 0.29) is 0 Å². The topological polar surface area (TPSA) is 12.9 Å². The molecule has 0 aliphatic carbocycles. The quantitative estimate of drug-likeness (QED) is 0.708. The van der Waals surface area contributed by atoms with Gasteiger partial charge in [-0.05, 0) is 33.8 Å². The standard InChI is InChI=1S/C7H8BrNS/c1-10-5-6-3-2-4-9-7(6)8/h2-4H,5H2,1H3. The van der Waals surface area contributed by atoms with Gasteiger partial charge in [0.1, 0.15) is 4.60 Å². The third-order valence-corrected chi connectivity index (χ3v) is 2.45. The van der Waals surface area contributed by atoms with Crippen molar-refractivity contribution in [3.05, 3.63) is 28.5 Å². The third kappa shape index (κ3) is 1.99. The minimum atomic E-state index is 0.962. The molecule has 0 bridgehead atoms. The van der Waals surface area contributed by atoms with Crippen LogP contribution in [-0.4, -0.2) is 11.2 Å². The first kappa shape index (κ1) is 8.08. The summed E-state index contributed by atoms with van der Waals surface area (Å²) in [6, 6.07) is 4.03. The Bertz CT molecular complexity index is 215. The van der Waals surface area contributed by atoms with Crippen molar-refractivity contribution in [1.29, 1.82) is 0 Å². The van der Waals surface area contributed by atoms with Gasteiger partial charge in [-0.1, -0.05) is 6.07 Å². The average molecular weight is 218 g/mol. The van der Waals surface area contributed by atoms with E-state index in [9.17, 15) is 0 Å². The number of rotatable bonds is 2. The molecular formula is C7H8BrNS. The zero-order chi connectivity index (χ0) is 7.40. The first-order chi connectivity index (χ1) is 4.84. The van der Waals surface area contributed by atoms with Crippen LogP contribution in [0.2, 0.25) is 0 Å². The molecule has 0 unspecified atom stereocenters. The highest BCUT2D eigenvalue weighted by Crippen LogP contribution is 2.16. The number of halogens is 1. The summed E-state index contributed by atoms with van der Waals surface area (Å²) in [5.41, 5.74) is 1.26. The molecule has 1 nitrogen and oxygen atoms in total. The molecule has 1 rings (SSSR count). The van der Waals surface area contributed by atoms with Gasteiger partial charge in [0.15, 0.2) is 0 Å². The lowest BCUT2D eigenvalue weighted by Crippen LogP contribution is -1.83. The highest BCUT2D eigenvalue weighted by molar-refractivity contribution is 9.10. The Morgan fingerprint density at radius 2 is 2.50 bits per heavy atom. The molecule has 0 aliphatic rings. The predicted octanol–water partition coefficient (Wildman–Crippen LogP) is 2.71. The van der Waals surface area contributed by atoms with Crippen LogP contribution in [0.1, 0.15) is 5.56 Å². The number of nitrogens with zero attached hydrogens (tertiary/aromatic N) is 1. The number of thioether (sulfide) groups is 1. The summed E-state index contributed by atoms with van der Waals surface area (Å²) in [6.45, 7) is 0. The second-order valence-electron chi connectivity index (χ2n) is 1.89. The van der Waals surface area contributed by atoms with Crippen LogP contribution < -0.4 is 0 Å². The zero-order valence-electron chi connectivity index (χ0n) is 5.67. The highest BCUT2D eigenvalue weighted by atomic mass is 79.9. The van der Waals surface area contributed by atoms with E-state index in [1.807, 2.05) is 6.07 Å². The first-order valence-corrected chi connectivity index (χ1v) is 5.11. The van der Waals surface area contributed by atoms with E-state index in [1.54, 1.807) is 18.0 Å². The Balaban J connectivity index is 2.81. The molecule has 0 amide bonds. The van der Waals surface area contributed by atoms with Crippen LogP contribution in [0.15, 0.2) is 22.9 Å². The van der Waals surface area contributed by atoms with Crippen molar-refractivity contribution in [3.63, 3.8) is 0 Å². The Kier molecular flexibility index (Phi) is 3.22. The van der Waals surface area contributed by atoms with E-state index in [1.165, 1.54) is 5.56 Å². The molecule has 0 atom stereocenters. The fourth-order valence-corrected chi connectivity index (χ4v) is 1.80. The van der Waals surface area contributed by atoms with E-state index in [0.29, 0.717) is 0 Å². The van der Waals surface area contributed by atoms with Crippen LogP contribution in [0.3, 0.4) is 0 Å². The van der Waals surface area contributed by atoms with Gasteiger partial charge < -0.3 is 0 Å². The molecule has 10 heavy (non-hydrogen) atoms. The van der Waals surface area contributed by atoms with Gasteiger partial charge in [0, 0.05) is 11.9 Å².